The highest BCUT2D eigenvalue weighted by atomic mass is 32.1. The molecule has 4 nitrogen and oxygen atoms in total. The van der Waals surface area contributed by atoms with Crippen LogP contribution < -0.4 is 10.6 Å². The Morgan fingerprint density at radius 3 is 2.84 bits per heavy atom. The molecule has 1 aromatic heterocycles. The van der Waals surface area contributed by atoms with Gasteiger partial charge in [-0.1, -0.05) is 19.3 Å². The van der Waals surface area contributed by atoms with Crippen molar-refractivity contribution in [1.82, 2.24) is 10.6 Å². The van der Waals surface area contributed by atoms with Crippen molar-refractivity contribution in [1.29, 1.82) is 0 Å². The van der Waals surface area contributed by atoms with E-state index < -0.39 is 5.60 Å². The molecule has 1 saturated carbocycles. The van der Waals surface area contributed by atoms with Crippen LogP contribution in [0.2, 0.25) is 0 Å². The third-order valence-electron chi connectivity index (χ3n) is 3.68. The molecule has 1 heterocycles. The Hall–Kier alpha value is -1.07. The first-order valence-corrected chi connectivity index (χ1v) is 7.81. The number of nitrogens with one attached hydrogen (secondary N) is 2. The summed E-state index contributed by atoms with van der Waals surface area (Å²) in [7, 11) is 0. The molecule has 0 saturated heterocycles. The van der Waals surface area contributed by atoms with Gasteiger partial charge < -0.3 is 15.7 Å². The summed E-state index contributed by atoms with van der Waals surface area (Å²) in [6.07, 6.45) is 5.78. The van der Waals surface area contributed by atoms with Crippen LogP contribution in [0.5, 0.6) is 0 Å². The fraction of sp³-hybridized carbons (Fsp3) is 0.643. The Balaban J connectivity index is 1.76. The topological polar surface area (TPSA) is 61.4 Å². The first-order valence-electron chi connectivity index (χ1n) is 6.87. The van der Waals surface area contributed by atoms with Crippen LogP contribution in [-0.2, 0) is 5.60 Å². The van der Waals surface area contributed by atoms with Gasteiger partial charge in [0.05, 0.1) is 6.54 Å². The molecule has 1 atom stereocenters. The van der Waals surface area contributed by atoms with Crippen LogP contribution in [-0.4, -0.2) is 23.7 Å². The van der Waals surface area contributed by atoms with Gasteiger partial charge in [0.15, 0.2) is 0 Å². The van der Waals surface area contributed by atoms with Gasteiger partial charge in [0.2, 0.25) is 0 Å². The molecule has 1 aliphatic carbocycles. The fourth-order valence-electron chi connectivity index (χ4n) is 2.41. The quantitative estimate of drug-likeness (QED) is 0.795. The lowest BCUT2D eigenvalue weighted by molar-refractivity contribution is 0.0596. The number of hydrogen-bond donors (Lipinski definition) is 3. The summed E-state index contributed by atoms with van der Waals surface area (Å²) in [5, 5.41) is 19.9. The number of carbonyl (C=O) groups excluding carboxylic acids is 1. The van der Waals surface area contributed by atoms with E-state index in [9.17, 15) is 9.90 Å². The zero-order valence-electron chi connectivity index (χ0n) is 11.3. The number of amides is 2. The molecule has 3 N–H and O–H groups in total. The van der Waals surface area contributed by atoms with Crippen molar-refractivity contribution in [3.8, 4) is 0 Å². The summed E-state index contributed by atoms with van der Waals surface area (Å²) < 4.78 is 0. The Morgan fingerprint density at radius 1 is 1.47 bits per heavy atom. The van der Waals surface area contributed by atoms with Crippen molar-refractivity contribution in [2.45, 2.75) is 50.7 Å². The minimum atomic E-state index is -1.01. The molecule has 2 amide bonds. The van der Waals surface area contributed by atoms with E-state index in [4.69, 9.17) is 0 Å². The number of carbonyl (C=O) groups is 1. The molecule has 19 heavy (non-hydrogen) atoms. The van der Waals surface area contributed by atoms with Gasteiger partial charge in [-0.3, -0.25) is 0 Å². The number of aliphatic hydroxyl groups is 1. The molecular weight excluding hydrogens is 260 g/mol. The maximum absolute atomic E-state index is 11.8. The summed E-state index contributed by atoms with van der Waals surface area (Å²) in [6.45, 7) is 1.94. The summed E-state index contributed by atoms with van der Waals surface area (Å²) in [4.78, 5) is 11.8. The van der Waals surface area contributed by atoms with Gasteiger partial charge in [-0.2, -0.15) is 11.3 Å². The minimum Gasteiger partial charge on any atom is -0.384 e. The molecule has 0 spiro atoms. The van der Waals surface area contributed by atoms with E-state index in [1.54, 1.807) is 18.3 Å². The maximum Gasteiger partial charge on any atom is 0.315 e. The van der Waals surface area contributed by atoms with Crippen LogP contribution in [0.1, 0.15) is 44.6 Å². The summed E-state index contributed by atoms with van der Waals surface area (Å²) in [5.74, 6) is 0. The molecule has 2 rings (SSSR count). The van der Waals surface area contributed by atoms with E-state index in [-0.39, 0.29) is 12.6 Å². The zero-order valence-corrected chi connectivity index (χ0v) is 12.1. The molecule has 5 heteroatoms. The Kier molecular flexibility index (Phi) is 4.82. The van der Waals surface area contributed by atoms with Crippen LogP contribution >= 0.6 is 11.3 Å². The predicted molar refractivity (Wildman–Crippen MR) is 77.3 cm³/mol. The van der Waals surface area contributed by atoms with Crippen LogP contribution in [0.4, 0.5) is 4.79 Å². The average Bonchev–Trinajstić information content (AvgIpc) is 2.92. The van der Waals surface area contributed by atoms with Gasteiger partial charge in [0.1, 0.15) is 5.60 Å². The van der Waals surface area contributed by atoms with Crippen molar-refractivity contribution in [2.75, 3.05) is 6.54 Å². The zero-order chi connectivity index (χ0) is 13.7. The van der Waals surface area contributed by atoms with Gasteiger partial charge in [-0.05, 0) is 42.2 Å². The van der Waals surface area contributed by atoms with Crippen molar-refractivity contribution < 1.29 is 9.90 Å². The third-order valence-corrected chi connectivity index (χ3v) is 4.36. The molecule has 1 aliphatic rings. The number of thiophene rings is 1. The second-order valence-corrected chi connectivity index (χ2v) is 6.23. The molecule has 0 aromatic carbocycles. The lowest BCUT2D eigenvalue weighted by atomic mass is 9.96. The molecule has 1 fully saturated rings. The lowest BCUT2D eigenvalue weighted by Gasteiger charge is -2.26. The standard InChI is InChI=1S/C14H22N2O2S/c1-14(18,11-7-8-19-9-11)10-15-13(17)16-12-5-3-2-4-6-12/h7-9,12,18H,2-6,10H2,1H3,(H2,15,16,17). The first kappa shape index (κ1) is 14.3. The normalized spacial score (nSPS) is 19.7. The Bertz CT molecular complexity index is 398. The fourth-order valence-corrected chi connectivity index (χ4v) is 3.19. The molecule has 1 aromatic rings. The third kappa shape index (κ3) is 4.21. The SMILES string of the molecule is CC(O)(CNC(=O)NC1CCCCC1)c1ccsc1. The molecular formula is C14H22N2O2S. The molecule has 0 aliphatic heterocycles. The van der Waals surface area contributed by atoms with Crippen LogP contribution in [0, 0.1) is 0 Å². The molecule has 0 radical (unpaired) electrons. The van der Waals surface area contributed by atoms with Crippen molar-refractivity contribution >= 4 is 17.4 Å². The number of rotatable bonds is 4. The summed E-state index contributed by atoms with van der Waals surface area (Å²) >= 11 is 1.54. The van der Waals surface area contributed by atoms with Crippen molar-refractivity contribution in [2.24, 2.45) is 0 Å². The van der Waals surface area contributed by atoms with Crippen LogP contribution in [0.3, 0.4) is 0 Å². The molecule has 1 unspecified atom stereocenters. The van der Waals surface area contributed by atoms with Crippen LogP contribution in [0.15, 0.2) is 16.8 Å². The first-order chi connectivity index (χ1) is 9.08. The maximum atomic E-state index is 11.8. The van der Waals surface area contributed by atoms with Crippen LogP contribution in [0.25, 0.3) is 0 Å². The highest BCUT2D eigenvalue weighted by molar-refractivity contribution is 7.08. The lowest BCUT2D eigenvalue weighted by Crippen LogP contribution is -2.47. The Labute approximate surface area is 118 Å². The van der Waals surface area contributed by atoms with Gasteiger partial charge in [-0.25, -0.2) is 4.79 Å². The number of hydrogen-bond acceptors (Lipinski definition) is 3. The largest absolute Gasteiger partial charge is 0.384 e. The molecule has 0 bridgehead atoms. The van der Waals surface area contributed by atoms with E-state index in [0.29, 0.717) is 6.04 Å². The van der Waals surface area contributed by atoms with E-state index in [1.807, 2.05) is 16.8 Å². The Morgan fingerprint density at radius 2 is 2.21 bits per heavy atom. The monoisotopic (exact) mass is 282 g/mol. The van der Waals surface area contributed by atoms with Crippen molar-refractivity contribution in [3.05, 3.63) is 22.4 Å². The van der Waals surface area contributed by atoms with Gasteiger partial charge in [0.25, 0.3) is 0 Å². The van der Waals surface area contributed by atoms with Gasteiger partial charge >= 0.3 is 6.03 Å². The van der Waals surface area contributed by atoms with Crippen molar-refractivity contribution in [3.63, 3.8) is 0 Å². The predicted octanol–water partition coefficient (Wildman–Crippen LogP) is 2.59. The smallest absolute Gasteiger partial charge is 0.315 e. The average molecular weight is 282 g/mol. The van der Waals surface area contributed by atoms with E-state index in [1.165, 1.54) is 19.3 Å². The van der Waals surface area contributed by atoms with E-state index >= 15 is 0 Å². The highest BCUT2D eigenvalue weighted by Gasteiger charge is 2.24. The number of urea groups is 1. The molecule has 106 valence electrons. The second-order valence-electron chi connectivity index (χ2n) is 5.45. The summed E-state index contributed by atoms with van der Waals surface area (Å²) in [5.41, 5.74) is -0.167. The van der Waals surface area contributed by atoms with E-state index in [2.05, 4.69) is 10.6 Å². The van der Waals surface area contributed by atoms with Gasteiger partial charge in [-0.15, -0.1) is 0 Å². The highest BCUT2D eigenvalue weighted by Crippen LogP contribution is 2.22. The second kappa shape index (κ2) is 6.39. The summed E-state index contributed by atoms with van der Waals surface area (Å²) in [6, 6.07) is 1.99. The van der Waals surface area contributed by atoms with E-state index in [0.717, 1.165) is 18.4 Å². The minimum absolute atomic E-state index is 0.178. The van der Waals surface area contributed by atoms with Gasteiger partial charge in [0, 0.05) is 6.04 Å².